The average molecular weight is 348 g/mol. The van der Waals surface area contributed by atoms with Gasteiger partial charge < -0.3 is 15.4 Å². The maximum atomic E-state index is 12.2. The van der Waals surface area contributed by atoms with Gasteiger partial charge in [-0.15, -0.1) is 0 Å². The van der Waals surface area contributed by atoms with Crippen LogP contribution < -0.4 is 10.6 Å². The van der Waals surface area contributed by atoms with Crippen LogP contribution in [0.2, 0.25) is 0 Å². The van der Waals surface area contributed by atoms with Crippen LogP contribution in [-0.4, -0.2) is 67.6 Å². The summed E-state index contributed by atoms with van der Waals surface area (Å²) >= 11 is 0. The largest absolute Gasteiger partial charge is 0.379 e. The van der Waals surface area contributed by atoms with Crippen LogP contribution in [0.4, 0.5) is 0 Å². The molecule has 2 amide bonds. The summed E-state index contributed by atoms with van der Waals surface area (Å²) in [6.07, 6.45) is 6.12. The van der Waals surface area contributed by atoms with E-state index in [1.165, 1.54) is 12.4 Å². The molecule has 1 aromatic rings. The number of hydrogen-bond donors (Lipinski definition) is 2. The Balaban J connectivity index is 1.78. The van der Waals surface area contributed by atoms with Crippen molar-refractivity contribution in [3.8, 4) is 0 Å². The van der Waals surface area contributed by atoms with Gasteiger partial charge in [0.05, 0.1) is 24.3 Å². The number of unbranched alkanes of at least 4 members (excludes halogenated alkanes) is 2. The van der Waals surface area contributed by atoms with E-state index in [0.29, 0.717) is 24.2 Å². The molecular weight excluding hydrogens is 320 g/mol. The van der Waals surface area contributed by atoms with Crippen molar-refractivity contribution >= 4 is 11.8 Å². The highest BCUT2D eigenvalue weighted by atomic mass is 16.5. The number of rotatable bonds is 9. The highest BCUT2D eigenvalue weighted by Gasteiger charge is 2.13. The van der Waals surface area contributed by atoms with E-state index in [2.05, 4.69) is 27.4 Å². The van der Waals surface area contributed by atoms with Crippen LogP contribution in [0.1, 0.15) is 46.9 Å². The van der Waals surface area contributed by atoms with Crippen LogP contribution in [0, 0.1) is 0 Å². The summed E-state index contributed by atoms with van der Waals surface area (Å²) in [6.45, 7) is 7.39. The molecule has 0 saturated carbocycles. The molecule has 25 heavy (non-hydrogen) atoms. The predicted molar refractivity (Wildman–Crippen MR) is 95.7 cm³/mol. The van der Waals surface area contributed by atoms with E-state index in [-0.39, 0.29) is 11.8 Å². The van der Waals surface area contributed by atoms with Crippen molar-refractivity contribution < 1.29 is 14.3 Å². The quantitative estimate of drug-likeness (QED) is 0.652. The highest BCUT2D eigenvalue weighted by Crippen LogP contribution is 2.04. The minimum Gasteiger partial charge on any atom is -0.379 e. The van der Waals surface area contributed by atoms with Crippen LogP contribution in [0.5, 0.6) is 0 Å². The second kappa shape index (κ2) is 10.8. The Morgan fingerprint density at radius 3 is 2.36 bits per heavy atom. The second-order valence-electron chi connectivity index (χ2n) is 6.14. The van der Waals surface area contributed by atoms with Crippen LogP contribution in [0.25, 0.3) is 0 Å². The monoisotopic (exact) mass is 348 g/mol. The maximum Gasteiger partial charge on any atom is 0.252 e. The molecule has 0 radical (unpaired) electrons. The molecule has 0 atom stereocenters. The van der Waals surface area contributed by atoms with Gasteiger partial charge >= 0.3 is 0 Å². The van der Waals surface area contributed by atoms with Gasteiger partial charge in [0.1, 0.15) is 0 Å². The molecule has 2 rings (SSSR count). The number of amides is 2. The first-order chi connectivity index (χ1) is 12.2. The Labute approximate surface area is 149 Å². The number of nitrogens with one attached hydrogen (secondary N) is 2. The van der Waals surface area contributed by atoms with Crippen LogP contribution in [0.15, 0.2) is 18.5 Å². The number of morpholine rings is 1. The average Bonchev–Trinajstić information content (AvgIpc) is 2.66. The summed E-state index contributed by atoms with van der Waals surface area (Å²) in [6, 6.07) is 1.59. The zero-order valence-electron chi connectivity index (χ0n) is 14.9. The molecule has 1 aromatic heterocycles. The van der Waals surface area contributed by atoms with E-state index >= 15 is 0 Å². The standard InChI is InChI=1S/C18H28N4O3/c1-2-3-4-5-20-17(23)15-12-16(14-19-13-15)18(24)21-6-7-22-8-10-25-11-9-22/h12-14H,2-11H2,1H3,(H,20,23)(H,21,24). The fourth-order valence-corrected chi connectivity index (χ4v) is 2.62. The van der Waals surface area contributed by atoms with E-state index in [0.717, 1.165) is 52.1 Å². The lowest BCUT2D eigenvalue weighted by Gasteiger charge is -2.26. The van der Waals surface area contributed by atoms with Gasteiger partial charge in [0.15, 0.2) is 0 Å². The van der Waals surface area contributed by atoms with Crippen LogP contribution >= 0.6 is 0 Å². The normalized spacial score (nSPS) is 14.9. The highest BCUT2D eigenvalue weighted by molar-refractivity contribution is 5.99. The number of pyridine rings is 1. The number of carbonyl (C=O) groups excluding carboxylic acids is 2. The van der Waals surface area contributed by atoms with Gasteiger partial charge in [-0.1, -0.05) is 19.8 Å². The SMILES string of the molecule is CCCCCNC(=O)c1cncc(C(=O)NCCN2CCOCC2)c1. The molecular formula is C18H28N4O3. The lowest BCUT2D eigenvalue weighted by Crippen LogP contribution is -2.41. The van der Waals surface area contributed by atoms with Crippen molar-refractivity contribution in [3.63, 3.8) is 0 Å². The molecule has 138 valence electrons. The van der Waals surface area contributed by atoms with Crippen LogP contribution in [-0.2, 0) is 4.74 Å². The minimum absolute atomic E-state index is 0.188. The summed E-state index contributed by atoms with van der Waals surface area (Å²) < 4.78 is 5.30. The molecule has 0 aromatic carbocycles. The summed E-state index contributed by atoms with van der Waals surface area (Å²) in [5.41, 5.74) is 0.820. The number of aromatic nitrogens is 1. The van der Waals surface area contributed by atoms with Crippen molar-refractivity contribution in [2.45, 2.75) is 26.2 Å². The Kier molecular flexibility index (Phi) is 8.34. The number of nitrogens with zero attached hydrogens (tertiary/aromatic N) is 2. The third-order valence-electron chi connectivity index (χ3n) is 4.15. The van der Waals surface area contributed by atoms with Crippen LogP contribution in [0.3, 0.4) is 0 Å². The van der Waals surface area contributed by atoms with E-state index in [4.69, 9.17) is 4.74 Å². The summed E-state index contributed by atoms with van der Waals surface area (Å²) in [5, 5.41) is 5.74. The van der Waals surface area contributed by atoms with E-state index in [9.17, 15) is 9.59 Å². The molecule has 2 heterocycles. The summed E-state index contributed by atoms with van der Waals surface area (Å²) in [5.74, 6) is -0.395. The smallest absolute Gasteiger partial charge is 0.252 e. The van der Waals surface area contributed by atoms with Crippen molar-refractivity contribution in [2.75, 3.05) is 45.9 Å². The Morgan fingerprint density at radius 2 is 1.72 bits per heavy atom. The molecule has 1 fully saturated rings. The molecule has 0 bridgehead atoms. The molecule has 1 aliphatic rings. The molecule has 2 N–H and O–H groups in total. The molecule has 7 heteroatoms. The minimum atomic E-state index is -0.207. The lowest BCUT2D eigenvalue weighted by molar-refractivity contribution is 0.0383. The fraction of sp³-hybridized carbons (Fsp3) is 0.611. The van der Waals surface area contributed by atoms with Gasteiger partial charge in [-0.25, -0.2) is 0 Å². The van der Waals surface area contributed by atoms with Crippen molar-refractivity contribution in [2.24, 2.45) is 0 Å². The van der Waals surface area contributed by atoms with Gasteiger partial charge in [-0.3, -0.25) is 19.5 Å². The molecule has 1 saturated heterocycles. The second-order valence-corrected chi connectivity index (χ2v) is 6.14. The predicted octanol–water partition coefficient (Wildman–Crippen LogP) is 1.06. The zero-order valence-corrected chi connectivity index (χ0v) is 14.9. The van der Waals surface area contributed by atoms with Gasteiger partial charge in [-0.05, 0) is 12.5 Å². The lowest BCUT2D eigenvalue weighted by atomic mass is 10.2. The Morgan fingerprint density at radius 1 is 1.08 bits per heavy atom. The Bertz CT molecular complexity index is 559. The number of hydrogen-bond acceptors (Lipinski definition) is 5. The molecule has 0 aliphatic carbocycles. The molecule has 0 spiro atoms. The van der Waals surface area contributed by atoms with Gasteiger partial charge in [0.25, 0.3) is 11.8 Å². The molecule has 1 aliphatic heterocycles. The first-order valence-electron chi connectivity index (χ1n) is 9.02. The number of ether oxygens (including phenoxy) is 1. The first kappa shape index (κ1) is 19.3. The maximum absolute atomic E-state index is 12.2. The summed E-state index contributed by atoms with van der Waals surface area (Å²) in [4.78, 5) is 30.6. The molecule has 0 unspecified atom stereocenters. The molecule has 7 nitrogen and oxygen atoms in total. The fourth-order valence-electron chi connectivity index (χ4n) is 2.62. The first-order valence-corrected chi connectivity index (χ1v) is 9.02. The van der Waals surface area contributed by atoms with E-state index < -0.39 is 0 Å². The van der Waals surface area contributed by atoms with Crippen molar-refractivity contribution in [1.29, 1.82) is 0 Å². The summed E-state index contributed by atoms with van der Waals surface area (Å²) in [7, 11) is 0. The van der Waals surface area contributed by atoms with Gasteiger partial charge in [0.2, 0.25) is 0 Å². The van der Waals surface area contributed by atoms with Crippen molar-refractivity contribution in [3.05, 3.63) is 29.6 Å². The number of carbonyl (C=O) groups is 2. The zero-order chi connectivity index (χ0) is 17.9. The third kappa shape index (κ3) is 6.80. The van der Waals surface area contributed by atoms with Gasteiger partial charge in [-0.2, -0.15) is 0 Å². The van der Waals surface area contributed by atoms with E-state index in [1.807, 2.05) is 0 Å². The third-order valence-corrected chi connectivity index (χ3v) is 4.15. The van der Waals surface area contributed by atoms with Crippen molar-refractivity contribution in [1.82, 2.24) is 20.5 Å². The van der Waals surface area contributed by atoms with E-state index in [1.54, 1.807) is 6.07 Å². The topological polar surface area (TPSA) is 83.6 Å². The Hall–Kier alpha value is -1.99. The van der Waals surface area contributed by atoms with Gasteiger partial charge in [0, 0.05) is 45.1 Å².